The molecule has 4 rings (SSSR count). The molecule has 3 aromatic rings. The van der Waals surface area contributed by atoms with Crippen molar-refractivity contribution in [2.75, 3.05) is 18.4 Å². The van der Waals surface area contributed by atoms with E-state index < -0.39 is 0 Å². The quantitative estimate of drug-likeness (QED) is 0.765. The molecular formula is C19H21N5OS. The predicted molar refractivity (Wildman–Crippen MR) is 103 cm³/mol. The highest BCUT2D eigenvalue weighted by molar-refractivity contribution is 7.22. The average Bonchev–Trinajstić information content (AvgIpc) is 3.04. The van der Waals surface area contributed by atoms with Gasteiger partial charge in [-0.2, -0.15) is 4.98 Å². The molecule has 1 fully saturated rings. The average molecular weight is 367 g/mol. The van der Waals surface area contributed by atoms with Crippen LogP contribution in [0.25, 0.3) is 10.3 Å². The maximum atomic E-state index is 11.2. The van der Waals surface area contributed by atoms with E-state index in [1.807, 2.05) is 18.3 Å². The normalized spacial score (nSPS) is 16.0. The van der Waals surface area contributed by atoms with Crippen molar-refractivity contribution in [1.82, 2.24) is 19.9 Å². The molecule has 4 heterocycles. The maximum Gasteiger partial charge on any atom is 0.223 e. The van der Waals surface area contributed by atoms with Crippen molar-refractivity contribution >= 4 is 32.7 Å². The first-order valence-electron chi connectivity index (χ1n) is 8.85. The van der Waals surface area contributed by atoms with Crippen LogP contribution in [0.5, 0.6) is 0 Å². The van der Waals surface area contributed by atoms with Crippen molar-refractivity contribution in [3.05, 3.63) is 47.9 Å². The number of nitrogens with one attached hydrogen (secondary N) is 1. The van der Waals surface area contributed by atoms with Gasteiger partial charge in [-0.05, 0) is 50.2 Å². The van der Waals surface area contributed by atoms with Gasteiger partial charge in [-0.3, -0.25) is 14.7 Å². The number of thiazole rings is 1. The summed E-state index contributed by atoms with van der Waals surface area (Å²) < 4.78 is 1.00. The lowest BCUT2D eigenvalue weighted by Gasteiger charge is -2.31. The van der Waals surface area contributed by atoms with Crippen molar-refractivity contribution in [2.24, 2.45) is 0 Å². The predicted octanol–water partition coefficient (Wildman–Crippen LogP) is 3.42. The second-order valence-corrected chi connectivity index (χ2v) is 7.66. The Balaban J connectivity index is 1.41. The van der Waals surface area contributed by atoms with E-state index in [1.165, 1.54) is 18.3 Å². The molecule has 0 atom stereocenters. The molecule has 3 aromatic heterocycles. The zero-order valence-electron chi connectivity index (χ0n) is 14.7. The number of fused-ring (bicyclic) bond motifs is 1. The highest BCUT2D eigenvalue weighted by Crippen LogP contribution is 2.31. The Hall–Kier alpha value is -2.38. The Bertz CT molecular complexity index is 903. The fourth-order valence-corrected chi connectivity index (χ4v) is 4.23. The van der Waals surface area contributed by atoms with E-state index in [0.29, 0.717) is 11.0 Å². The zero-order valence-corrected chi connectivity index (χ0v) is 15.5. The van der Waals surface area contributed by atoms with Crippen molar-refractivity contribution in [2.45, 2.75) is 32.2 Å². The molecular weight excluding hydrogens is 346 g/mol. The fraction of sp³-hybridized carbons (Fsp3) is 0.368. The van der Waals surface area contributed by atoms with Gasteiger partial charge in [0.2, 0.25) is 5.91 Å². The minimum atomic E-state index is -0.107. The van der Waals surface area contributed by atoms with E-state index in [9.17, 15) is 4.79 Å². The molecule has 1 aliphatic heterocycles. The number of hydrogen-bond donors (Lipinski definition) is 1. The van der Waals surface area contributed by atoms with Crippen LogP contribution >= 0.6 is 11.3 Å². The summed E-state index contributed by atoms with van der Waals surface area (Å²) in [5.41, 5.74) is 2.96. The van der Waals surface area contributed by atoms with Crippen LogP contribution in [0.15, 0.2) is 36.5 Å². The van der Waals surface area contributed by atoms with Crippen molar-refractivity contribution < 1.29 is 4.79 Å². The Morgan fingerprint density at radius 1 is 1.23 bits per heavy atom. The van der Waals surface area contributed by atoms with Crippen LogP contribution in [0, 0.1) is 0 Å². The minimum absolute atomic E-state index is 0.107. The number of carbonyl (C=O) groups excluding carboxylic acids is 1. The summed E-state index contributed by atoms with van der Waals surface area (Å²) in [6, 6.07) is 10.2. The molecule has 7 heteroatoms. The van der Waals surface area contributed by atoms with Gasteiger partial charge in [0.1, 0.15) is 0 Å². The van der Waals surface area contributed by atoms with Gasteiger partial charge in [-0.15, -0.1) is 0 Å². The Morgan fingerprint density at radius 3 is 2.81 bits per heavy atom. The standard InChI is InChI=1S/C19H21N5OS/c1-13(25)21-19-23-18-17(26-19)6-5-16(22-18)14-7-10-24(11-8-14)12-15-4-2-3-9-20-15/h2-6,9,14H,7-8,10-12H2,1H3,(H,21,22,23,25). The fourth-order valence-electron chi connectivity index (χ4n) is 3.37. The number of rotatable bonds is 4. The monoisotopic (exact) mass is 367 g/mol. The van der Waals surface area contributed by atoms with E-state index in [0.717, 1.165) is 54.2 Å². The van der Waals surface area contributed by atoms with Crippen molar-refractivity contribution in [3.8, 4) is 0 Å². The molecule has 0 unspecified atom stereocenters. The van der Waals surface area contributed by atoms with Crippen molar-refractivity contribution in [1.29, 1.82) is 0 Å². The molecule has 0 saturated carbocycles. The highest BCUT2D eigenvalue weighted by atomic mass is 32.1. The summed E-state index contributed by atoms with van der Waals surface area (Å²) in [6.07, 6.45) is 4.03. The number of piperidine rings is 1. The molecule has 0 aliphatic carbocycles. The summed E-state index contributed by atoms with van der Waals surface area (Å²) in [5.74, 6) is 0.356. The third-order valence-electron chi connectivity index (χ3n) is 4.68. The molecule has 0 bridgehead atoms. The molecule has 0 spiro atoms. The molecule has 1 amide bonds. The van der Waals surface area contributed by atoms with Crippen LogP contribution in [0.4, 0.5) is 5.13 Å². The number of likely N-dealkylation sites (tertiary alicyclic amines) is 1. The molecule has 0 radical (unpaired) electrons. The van der Waals surface area contributed by atoms with Gasteiger partial charge in [-0.25, -0.2) is 4.98 Å². The zero-order chi connectivity index (χ0) is 17.9. The van der Waals surface area contributed by atoms with E-state index in [-0.39, 0.29) is 5.91 Å². The number of carbonyl (C=O) groups is 1. The van der Waals surface area contributed by atoms with Gasteiger partial charge in [0.05, 0.1) is 10.4 Å². The Morgan fingerprint density at radius 2 is 2.08 bits per heavy atom. The smallest absolute Gasteiger partial charge is 0.223 e. The lowest BCUT2D eigenvalue weighted by molar-refractivity contribution is -0.114. The van der Waals surface area contributed by atoms with Crippen LogP contribution in [0.3, 0.4) is 0 Å². The van der Waals surface area contributed by atoms with Crippen LogP contribution in [-0.2, 0) is 11.3 Å². The van der Waals surface area contributed by atoms with Gasteiger partial charge in [0.25, 0.3) is 0 Å². The third-order valence-corrected chi connectivity index (χ3v) is 5.60. The van der Waals surface area contributed by atoms with Gasteiger partial charge in [-0.1, -0.05) is 17.4 Å². The minimum Gasteiger partial charge on any atom is -0.302 e. The van der Waals surface area contributed by atoms with Gasteiger partial charge in [0.15, 0.2) is 10.8 Å². The number of amides is 1. The molecule has 1 N–H and O–H groups in total. The van der Waals surface area contributed by atoms with Crippen LogP contribution in [0.2, 0.25) is 0 Å². The summed E-state index contributed by atoms with van der Waals surface area (Å²) in [6.45, 7) is 4.50. The lowest BCUT2D eigenvalue weighted by Crippen LogP contribution is -2.32. The highest BCUT2D eigenvalue weighted by Gasteiger charge is 2.22. The molecule has 0 aromatic carbocycles. The van der Waals surface area contributed by atoms with Gasteiger partial charge >= 0.3 is 0 Å². The SMILES string of the molecule is CC(=O)Nc1nc2nc(C3CCN(Cc4ccccn4)CC3)ccc2s1. The van der Waals surface area contributed by atoms with Crippen LogP contribution in [-0.4, -0.2) is 38.8 Å². The number of nitrogens with zero attached hydrogens (tertiary/aromatic N) is 4. The summed E-state index contributed by atoms with van der Waals surface area (Å²) >= 11 is 1.46. The Kier molecular flexibility index (Phi) is 4.90. The second-order valence-electron chi connectivity index (χ2n) is 6.63. The van der Waals surface area contributed by atoms with Gasteiger partial charge < -0.3 is 5.32 Å². The first-order valence-corrected chi connectivity index (χ1v) is 9.66. The molecule has 26 heavy (non-hydrogen) atoms. The number of anilines is 1. The Labute approximate surface area is 156 Å². The number of hydrogen-bond acceptors (Lipinski definition) is 6. The van der Waals surface area contributed by atoms with E-state index >= 15 is 0 Å². The number of pyridine rings is 2. The second kappa shape index (κ2) is 7.47. The first kappa shape index (κ1) is 17.1. The summed E-state index contributed by atoms with van der Waals surface area (Å²) in [7, 11) is 0. The maximum absolute atomic E-state index is 11.2. The van der Waals surface area contributed by atoms with E-state index in [1.54, 1.807) is 0 Å². The summed E-state index contributed by atoms with van der Waals surface area (Å²) in [4.78, 5) is 27.3. The largest absolute Gasteiger partial charge is 0.302 e. The third kappa shape index (κ3) is 3.89. The van der Waals surface area contributed by atoms with Crippen molar-refractivity contribution in [3.63, 3.8) is 0 Å². The molecule has 1 aliphatic rings. The number of aromatic nitrogens is 3. The van der Waals surface area contributed by atoms with Crippen LogP contribution < -0.4 is 5.32 Å². The first-order chi connectivity index (χ1) is 12.7. The van der Waals surface area contributed by atoms with Gasteiger partial charge in [0, 0.05) is 31.3 Å². The molecule has 134 valence electrons. The topological polar surface area (TPSA) is 71.0 Å². The van der Waals surface area contributed by atoms with E-state index in [2.05, 4.69) is 38.4 Å². The lowest BCUT2D eigenvalue weighted by atomic mass is 9.93. The van der Waals surface area contributed by atoms with Crippen LogP contribution in [0.1, 0.15) is 37.1 Å². The summed E-state index contributed by atoms with van der Waals surface area (Å²) in [5, 5.41) is 3.35. The molecule has 6 nitrogen and oxygen atoms in total. The molecule has 1 saturated heterocycles. The van der Waals surface area contributed by atoms with E-state index in [4.69, 9.17) is 4.98 Å².